The number of hydrogen-bond acceptors (Lipinski definition) is 2. The highest BCUT2D eigenvalue weighted by molar-refractivity contribution is 5.91. The first-order valence-electron chi connectivity index (χ1n) is 7.51. The molecule has 3 rings (SSSR count). The molecule has 1 heterocycles. The van der Waals surface area contributed by atoms with Gasteiger partial charge in [-0.2, -0.15) is 8.78 Å². The third-order valence-corrected chi connectivity index (χ3v) is 3.66. The van der Waals surface area contributed by atoms with Gasteiger partial charge in [0.15, 0.2) is 0 Å². The van der Waals surface area contributed by atoms with Crippen LogP contribution in [0.4, 0.5) is 14.5 Å². The molecule has 0 saturated heterocycles. The fraction of sp³-hybridized carbons (Fsp3) is 0.167. The number of carbonyl (C=O) groups excluding carboxylic acids is 1. The molecule has 0 bridgehead atoms. The highest BCUT2D eigenvalue weighted by Gasteiger charge is 2.08. The van der Waals surface area contributed by atoms with Crippen molar-refractivity contribution in [1.82, 2.24) is 4.98 Å². The van der Waals surface area contributed by atoms with Gasteiger partial charge < -0.3 is 15.0 Å². The molecule has 0 saturated carbocycles. The van der Waals surface area contributed by atoms with Crippen LogP contribution in [0.3, 0.4) is 0 Å². The Bertz CT molecular complexity index is 828. The van der Waals surface area contributed by atoms with Gasteiger partial charge in [-0.15, -0.1) is 0 Å². The first-order chi connectivity index (χ1) is 11.6. The van der Waals surface area contributed by atoms with Crippen molar-refractivity contribution >= 4 is 22.5 Å². The number of nitrogens with one attached hydrogen (secondary N) is 2. The van der Waals surface area contributed by atoms with Crippen molar-refractivity contribution in [1.29, 1.82) is 0 Å². The molecule has 0 aliphatic rings. The molecular formula is C18H16F2N2O2. The summed E-state index contributed by atoms with van der Waals surface area (Å²) in [5, 5.41) is 3.85. The van der Waals surface area contributed by atoms with E-state index < -0.39 is 6.61 Å². The summed E-state index contributed by atoms with van der Waals surface area (Å²) in [5.74, 6) is -0.0791. The number of carbonyl (C=O) groups is 1. The second-order valence-electron chi connectivity index (χ2n) is 5.31. The molecule has 124 valence electrons. The topological polar surface area (TPSA) is 54.1 Å². The molecular weight excluding hydrogens is 314 g/mol. The summed E-state index contributed by atoms with van der Waals surface area (Å²) in [7, 11) is 0. The molecule has 24 heavy (non-hydrogen) atoms. The number of aryl methyl sites for hydroxylation is 1. The third-order valence-electron chi connectivity index (χ3n) is 3.66. The number of benzene rings is 2. The second kappa shape index (κ2) is 7.12. The number of fused-ring (bicyclic) bond motifs is 1. The van der Waals surface area contributed by atoms with Crippen LogP contribution in [0, 0.1) is 0 Å². The van der Waals surface area contributed by atoms with Gasteiger partial charge in [-0.3, -0.25) is 4.79 Å². The van der Waals surface area contributed by atoms with E-state index in [2.05, 4.69) is 15.0 Å². The van der Waals surface area contributed by atoms with Crippen molar-refractivity contribution in [2.45, 2.75) is 19.5 Å². The van der Waals surface area contributed by atoms with Crippen LogP contribution in [0.5, 0.6) is 5.75 Å². The number of para-hydroxylation sites is 1. The quantitative estimate of drug-likeness (QED) is 0.706. The number of amides is 1. The van der Waals surface area contributed by atoms with Crippen LogP contribution < -0.4 is 10.1 Å². The van der Waals surface area contributed by atoms with Gasteiger partial charge in [-0.25, -0.2) is 0 Å². The van der Waals surface area contributed by atoms with E-state index in [0.29, 0.717) is 18.5 Å². The molecule has 6 heteroatoms. The summed E-state index contributed by atoms with van der Waals surface area (Å²) in [4.78, 5) is 15.2. The summed E-state index contributed by atoms with van der Waals surface area (Å²) in [6.45, 7) is -2.86. The van der Waals surface area contributed by atoms with Crippen LogP contribution >= 0.6 is 0 Å². The monoisotopic (exact) mass is 330 g/mol. The highest BCUT2D eigenvalue weighted by Crippen LogP contribution is 2.20. The number of aromatic amines is 1. The van der Waals surface area contributed by atoms with E-state index in [1.807, 2.05) is 30.5 Å². The van der Waals surface area contributed by atoms with Gasteiger partial charge in [0.2, 0.25) is 5.91 Å². The van der Waals surface area contributed by atoms with Crippen LogP contribution in [-0.4, -0.2) is 17.5 Å². The molecule has 0 unspecified atom stereocenters. The Hall–Kier alpha value is -2.89. The fourth-order valence-corrected chi connectivity index (χ4v) is 2.53. The zero-order valence-corrected chi connectivity index (χ0v) is 12.8. The van der Waals surface area contributed by atoms with E-state index in [1.165, 1.54) is 24.3 Å². The van der Waals surface area contributed by atoms with Crippen LogP contribution in [-0.2, 0) is 11.2 Å². The molecule has 2 N–H and O–H groups in total. The predicted octanol–water partition coefficient (Wildman–Crippen LogP) is 4.34. The lowest BCUT2D eigenvalue weighted by molar-refractivity contribution is -0.116. The Labute approximate surface area is 137 Å². The fourth-order valence-electron chi connectivity index (χ4n) is 2.53. The number of anilines is 1. The van der Waals surface area contributed by atoms with Gasteiger partial charge in [-0.05, 0) is 42.3 Å². The SMILES string of the molecule is O=C(CCc1c[nH]c2ccccc12)Nc1ccc(OC(F)F)cc1. The van der Waals surface area contributed by atoms with Gasteiger partial charge in [0, 0.05) is 29.2 Å². The molecule has 0 atom stereocenters. The molecule has 0 spiro atoms. The first kappa shape index (κ1) is 16.0. The van der Waals surface area contributed by atoms with E-state index in [-0.39, 0.29) is 11.7 Å². The summed E-state index contributed by atoms with van der Waals surface area (Å²) in [5.41, 5.74) is 2.67. The normalized spacial score (nSPS) is 11.0. The number of rotatable bonds is 6. The van der Waals surface area contributed by atoms with Crippen molar-refractivity contribution in [2.24, 2.45) is 0 Å². The summed E-state index contributed by atoms with van der Waals surface area (Å²) < 4.78 is 28.4. The number of halogens is 2. The van der Waals surface area contributed by atoms with Crippen molar-refractivity contribution in [3.05, 3.63) is 60.3 Å². The summed E-state index contributed by atoms with van der Waals surface area (Å²) in [6, 6.07) is 13.8. The van der Waals surface area contributed by atoms with Gasteiger partial charge in [0.05, 0.1) is 0 Å². The van der Waals surface area contributed by atoms with Gasteiger partial charge in [-0.1, -0.05) is 18.2 Å². The van der Waals surface area contributed by atoms with Crippen molar-refractivity contribution < 1.29 is 18.3 Å². The minimum atomic E-state index is -2.86. The lowest BCUT2D eigenvalue weighted by atomic mass is 10.1. The van der Waals surface area contributed by atoms with Gasteiger partial charge >= 0.3 is 6.61 Å². The Morgan fingerprint density at radius 2 is 1.88 bits per heavy atom. The highest BCUT2D eigenvalue weighted by atomic mass is 19.3. The van der Waals surface area contributed by atoms with Crippen LogP contribution in [0.15, 0.2) is 54.7 Å². The van der Waals surface area contributed by atoms with Gasteiger partial charge in [0.25, 0.3) is 0 Å². The second-order valence-corrected chi connectivity index (χ2v) is 5.31. The van der Waals surface area contributed by atoms with Crippen molar-refractivity contribution in [3.8, 4) is 5.75 Å². The molecule has 0 aliphatic heterocycles. The molecule has 2 aromatic carbocycles. The van der Waals surface area contributed by atoms with Crippen LogP contribution in [0.1, 0.15) is 12.0 Å². The smallest absolute Gasteiger partial charge is 0.387 e. The number of H-pyrrole nitrogens is 1. The Balaban J connectivity index is 1.56. The number of hydrogen-bond donors (Lipinski definition) is 2. The molecule has 0 aliphatic carbocycles. The molecule has 4 nitrogen and oxygen atoms in total. The summed E-state index contributed by atoms with van der Waals surface area (Å²) >= 11 is 0. The molecule has 3 aromatic rings. The maximum atomic E-state index is 12.1. The zero-order valence-electron chi connectivity index (χ0n) is 12.8. The van der Waals surface area contributed by atoms with E-state index >= 15 is 0 Å². The number of alkyl halides is 2. The van der Waals surface area contributed by atoms with E-state index in [9.17, 15) is 13.6 Å². The molecule has 0 radical (unpaired) electrons. The first-order valence-corrected chi connectivity index (χ1v) is 7.51. The minimum absolute atomic E-state index is 0.0572. The molecule has 1 aromatic heterocycles. The maximum Gasteiger partial charge on any atom is 0.387 e. The standard InChI is InChI=1S/C18H16F2N2O2/c19-18(20)24-14-8-6-13(7-9-14)22-17(23)10-5-12-11-21-16-4-2-1-3-15(12)16/h1-4,6-9,11,18,21H,5,10H2,(H,22,23). The van der Waals surface area contributed by atoms with E-state index in [1.54, 1.807) is 0 Å². The average molecular weight is 330 g/mol. The summed E-state index contributed by atoms with van der Waals surface area (Å²) in [6.07, 6.45) is 2.86. The Morgan fingerprint density at radius 1 is 1.12 bits per heavy atom. The van der Waals surface area contributed by atoms with Crippen LogP contribution in [0.2, 0.25) is 0 Å². The lowest BCUT2D eigenvalue weighted by Gasteiger charge is -2.07. The third kappa shape index (κ3) is 3.90. The largest absolute Gasteiger partial charge is 0.435 e. The minimum Gasteiger partial charge on any atom is -0.435 e. The lowest BCUT2D eigenvalue weighted by Crippen LogP contribution is -2.12. The average Bonchev–Trinajstić information content (AvgIpc) is 2.98. The van der Waals surface area contributed by atoms with Crippen LogP contribution in [0.25, 0.3) is 10.9 Å². The zero-order chi connectivity index (χ0) is 16.9. The number of ether oxygens (including phenoxy) is 1. The molecule has 1 amide bonds. The predicted molar refractivity (Wildman–Crippen MR) is 88.3 cm³/mol. The van der Waals surface area contributed by atoms with Crippen molar-refractivity contribution in [2.75, 3.05) is 5.32 Å². The maximum absolute atomic E-state index is 12.1. The molecule has 0 fully saturated rings. The number of aromatic nitrogens is 1. The van der Waals surface area contributed by atoms with E-state index in [4.69, 9.17) is 0 Å². The van der Waals surface area contributed by atoms with Crippen molar-refractivity contribution in [3.63, 3.8) is 0 Å². The van der Waals surface area contributed by atoms with Gasteiger partial charge in [0.1, 0.15) is 5.75 Å². The Morgan fingerprint density at radius 3 is 2.62 bits per heavy atom. The van der Waals surface area contributed by atoms with E-state index in [0.717, 1.165) is 16.5 Å². The Kier molecular flexibility index (Phi) is 4.74.